The molecule has 0 amide bonds. The molecule has 0 spiro atoms. The molecule has 0 unspecified atom stereocenters. The number of unbranched alkanes of at least 4 members (excludes halogenated alkanes) is 2. The van der Waals surface area contributed by atoms with Gasteiger partial charge in [-0.15, -0.1) is 0 Å². The smallest absolute Gasteiger partial charge is 0.369 e. The van der Waals surface area contributed by atoms with Crippen molar-refractivity contribution in [3.05, 3.63) is 54.1 Å². The number of guanidine groups is 1. The fourth-order valence-corrected chi connectivity index (χ4v) is 4.73. The number of aliphatic imine (C=N–C) groups is 1. The lowest BCUT2D eigenvalue weighted by Crippen LogP contribution is -2.34. The van der Waals surface area contributed by atoms with Gasteiger partial charge in [-0.05, 0) is 37.1 Å². The van der Waals surface area contributed by atoms with E-state index in [0.717, 1.165) is 31.7 Å². The summed E-state index contributed by atoms with van der Waals surface area (Å²) in [5, 5.41) is 2.67. The molecule has 2 aromatic carbocycles. The Balaban J connectivity index is 2.39. The average molecular weight is 471 g/mol. The van der Waals surface area contributed by atoms with Crippen molar-refractivity contribution in [1.82, 2.24) is 4.31 Å². The topological polar surface area (TPSA) is 87.8 Å². The standard InChI is InChI=1S/C22H29F3N4O2S/c1-3-5-15-29(16-6-4-2)32(30,31)20-14-10-9-13-19(20)28-21(26)27-18-12-8-7-11-17(18)22(23,24)25/h7-14H,3-6,15-16H2,1-2H3,(H3,26,27,28). The second kappa shape index (κ2) is 11.3. The second-order valence-electron chi connectivity index (χ2n) is 7.24. The molecule has 0 radical (unpaired) electrons. The molecule has 0 aliphatic heterocycles. The third-order valence-corrected chi connectivity index (χ3v) is 6.70. The highest BCUT2D eigenvalue weighted by molar-refractivity contribution is 7.89. The van der Waals surface area contributed by atoms with Crippen LogP contribution in [0.3, 0.4) is 0 Å². The van der Waals surface area contributed by atoms with Gasteiger partial charge in [0.05, 0.1) is 16.9 Å². The molecule has 2 aromatic rings. The number of nitrogens with two attached hydrogens (primary N) is 1. The van der Waals surface area contributed by atoms with Gasteiger partial charge in [0.2, 0.25) is 10.0 Å². The largest absolute Gasteiger partial charge is 0.418 e. The van der Waals surface area contributed by atoms with Crippen LogP contribution >= 0.6 is 0 Å². The van der Waals surface area contributed by atoms with Crippen LogP contribution in [0.1, 0.15) is 45.1 Å². The predicted molar refractivity (Wildman–Crippen MR) is 121 cm³/mol. The summed E-state index contributed by atoms with van der Waals surface area (Å²) >= 11 is 0. The molecule has 10 heteroatoms. The van der Waals surface area contributed by atoms with Crippen molar-refractivity contribution in [3.8, 4) is 0 Å². The Morgan fingerprint density at radius 3 is 2.16 bits per heavy atom. The minimum atomic E-state index is -4.60. The number of nitrogens with zero attached hydrogens (tertiary/aromatic N) is 2. The van der Waals surface area contributed by atoms with E-state index < -0.39 is 21.8 Å². The van der Waals surface area contributed by atoms with Gasteiger partial charge in [-0.1, -0.05) is 51.0 Å². The first-order valence-electron chi connectivity index (χ1n) is 10.5. The SMILES string of the molecule is CCCCN(CCCC)S(=O)(=O)c1ccccc1NC(N)=Nc1ccccc1C(F)(F)F. The number of hydrogen-bond donors (Lipinski definition) is 2. The summed E-state index contributed by atoms with van der Waals surface area (Å²) in [6.07, 6.45) is -1.47. The molecule has 3 N–H and O–H groups in total. The number of hydrogen-bond acceptors (Lipinski definition) is 3. The van der Waals surface area contributed by atoms with Gasteiger partial charge in [0.1, 0.15) is 4.90 Å². The molecule has 0 saturated carbocycles. The fourth-order valence-electron chi connectivity index (χ4n) is 3.06. The number of anilines is 1. The summed E-state index contributed by atoms with van der Waals surface area (Å²) in [4.78, 5) is 3.84. The molecular weight excluding hydrogens is 441 g/mol. The van der Waals surface area contributed by atoms with Crippen LogP contribution in [-0.4, -0.2) is 31.8 Å². The van der Waals surface area contributed by atoms with Crippen LogP contribution < -0.4 is 11.1 Å². The van der Waals surface area contributed by atoms with Crippen LogP contribution in [0.2, 0.25) is 0 Å². The van der Waals surface area contributed by atoms with Gasteiger partial charge < -0.3 is 11.1 Å². The maximum absolute atomic E-state index is 13.3. The van der Waals surface area contributed by atoms with E-state index in [1.165, 1.54) is 34.6 Å². The molecule has 0 saturated heterocycles. The zero-order valence-corrected chi connectivity index (χ0v) is 19.0. The molecule has 0 aliphatic carbocycles. The van der Waals surface area contributed by atoms with Crippen molar-refractivity contribution < 1.29 is 21.6 Å². The lowest BCUT2D eigenvalue weighted by atomic mass is 10.2. The average Bonchev–Trinajstić information content (AvgIpc) is 2.73. The lowest BCUT2D eigenvalue weighted by Gasteiger charge is -2.23. The van der Waals surface area contributed by atoms with Crippen molar-refractivity contribution in [3.63, 3.8) is 0 Å². The molecule has 0 fully saturated rings. The minimum Gasteiger partial charge on any atom is -0.369 e. The number of rotatable bonds is 10. The quantitative estimate of drug-likeness (QED) is 0.362. The maximum Gasteiger partial charge on any atom is 0.418 e. The summed E-state index contributed by atoms with van der Waals surface area (Å²) in [6, 6.07) is 10.9. The van der Waals surface area contributed by atoms with E-state index in [2.05, 4.69) is 10.3 Å². The zero-order valence-electron chi connectivity index (χ0n) is 18.2. The van der Waals surface area contributed by atoms with E-state index in [-0.39, 0.29) is 22.2 Å². The lowest BCUT2D eigenvalue weighted by molar-refractivity contribution is -0.137. The van der Waals surface area contributed by atoms with Crippen molar-refractivity contribution in [2.45, 2.75) is 50.6 Å². The van der Waals surface area contributed by atoms with E-state index in [4.69, 9.17) is 5.73 Å². The molecule has 0 aromatic heterocycles. The van der Waals surface area contributed by atoms with Gasteiger partial charge in [0.25, 0.3) is 0 Å². The van der Waals surface area contributed by atoms with E-state index in [9.17, 15) is 21.6 Å². The predicted octanol–water partition coefficient (Wildman–Crippen LogP) is 5.35. The summed E-state index contributed by atoms with van der Waals surface area (Å²) in [5.74, 6) is -0.349. The molecule has 0 bridgehead atoms. The van der Waals surface area contributed by atoms with Gasteiger partial charge in [0.15, 0.2) is 5.96 Å². The molecule has 6 nitrogen and oxygen atoms in total. The third-order valence-electron chi connectivity index (χ3n) is 4.74. The normalized spacial score (nSPS) is 12.9. The van der Waals surface area contributed by atoms with Gasteiger partial charge in [0, 0.05) is 13.1 Å². The van der Waals surface area contributed by atoms with E-state index in [1.807, 2.05) is 13.8 Å². The highest BCUT2D eigenvalue weighted by atomic mass is 32.2. The molecule has 0 heterocycles. The molecule has 32 heavy (non-hydrogen) atoms. The minimum absolute atomic E-state index is 0.00513. The Morgan fingerprint density at radius 2 is 1.56 bits per heavy atom. The number of nitrogens with one attached hydrogen (secondary N) is 1. The molecule has 0 atom stereocenters. The van der Waals surface area contributed by atoms with Crippen LogP contribution in [0.15, 0.2) is 58.4 Å². The molecule has 176 valence electrons. The first kappa shape index (κ1) is 25.7. The summed E-state index contributed by atoms with van der Waals surface area (Å²) < 4.78 is 67.8. The number of para-hydroxylation sites is 2. The summed E-state index contributed by atoms with van der Waals surface area (Å²) in [7, 11) is -3.85. The maximum atomic E-state index is 13.3. The molecule has 2 rings (SSSR count). The van der Waals surface area contributed by atoms with Crippen LogP contribution in [-0.2, 0) is 16.2 Å². The number of alkyl halides is 3. The first-order chi connectivity index (χ1) is 15.1. The first-order valence-corrected chi connectivity index (χ1v) is 11.9. The van der Waals surface area contributed by atoms with Gasteiger partial charge in [-0.3, -0.25) is 0 Å². The van der Waals surface area contributed by atoms with Crippen molar-refractivity contribution in [2.75, 3.05) is 18.4 Å². The Kier molecular flexibility index (Phi) is 9.09. The van der Waals surface area contributed by atoms with Crippen LogP contribution in [0, 0.1) is 0 Å². The van der Waals surface area contributed by atoms with Crippen LogP contribution in [0.25, 0.3) is 0 Å². The van der Waals surface area contributed by atoms with Gasteiger partial charge in [-0.25, -0.2) is 13.4 Å². The van der Waals surface area contributed by atoms with Crippen LogP contribution in [0.5, 0.6) is 0 Å². The number of halogens is 3. The van der Waals surface area contributed by atoms with Gasteiger partial charge >= 0.3 is 6.18 Å². The van der Waals surface area contributed by atoms with Crippen molar-refractivity contribution >= 4 is 27.4 Å². The summed E-state index contributed by atoms with van der Waals surface area (Å²) in [6.45, 7) is 4.73. The Labute approximate surface area is 187 Å². The monoisotopic (exact) mass is 470 g/mol. The number of sulfonamides is 1. The Hall–Kier alpha value is -2.59. The van der Waals surface area contributed by atoms with E-state index >= 15 is 0 Å². The van der Waals surface area contributed by atoms with Crippen molar-refractivity contribution in [2.24, 2.45) is 10.7 Å². The zero-order chi connectivity index (χ0) is 23.8. The number of benzene rings is 2. The van der Waals surface area contributed by atoms with Crippen molar-refractivity contribution in [1.29, 1.82) is 0 Å². The molecular formula is C22H29F3N4O2S. The summed E-state index contributed by atoms with van der Waals surface area (Å²) in [5.41, 5.74) is 4.71. The van der Waals surface area contributed by atoms with E-state index in [0.29, 0.717) is 13.1 Å². The Morgan fingerprint density at radius 1 is 1.00 bits per heavy atom. The Bertz CT molecular complexity index is 1020. The second-order valence-corrected chi connectivity index (χ2v) is 9.15. The van der Waals surface area contributed by atoms with Gasteiger partial charge in [-0.2, -0.15) is 17.5 Å². The molecule has 0 aliphatic rings. The third kappa shape index (κ3) is 6.70. The van der Waals surface area contributed by atoms with Crippen LogP contribution in [0.4, 0.5) is 24.5 Å². The highest BCUT2D eigenvalue weighted by Crippen LogP contribution is 2.36. The highest BCUT2D eigenvalue weighted by Gasteiger charge is 2.33. The fraction of sp³-hybridized carbons (Fsp3) is 0.409. The van der Waals surface area contributed by atoms with E-state index in [1.54, 1.807) is 12.1 Å².